The molecule has 0 aromatic heterocycles. The molecule has 2 amide bonds. The number of aryl methyl sites for hydroxylation is 2. The molecule has 2 heterocycles. The van der Waals surface area contributed by atoms with Crippen LogP contribution >= 0.6 is 63.7 Å². The van der Waals surface area contributed by atoms with Crippen molar-refractivity contribution in [3.63, 3.8) is 0 Å². The standard InChI is InChI=1S/C44H38Br4N4O5/c1-2-3-7-26-12-16-28(17-13-26)49-50-29-18-14-27(15-19-29)8-6-11-36(53)51-20-22-52(23-21-51)44(56)31-10-5-4-9-30(31)37-32-24-34(45)40(54)38(47)42(32)57-43-33(37)25-35(46)41(55)39(43)48/h4-5,9-10,12-19,24-25,54H,2-3,6-8,11,20-23H2,1H3. The third-order valence-corrected chi connectivity index (χ3v) is 12.8. The number of carbonyl (C=O) groups excluding carboxylic acids is 2. The van der Waals surface area contributed by atoms with Crippen LogP contribution < -0.4 is 5.43 Å². The Balaban J connectivity index is 0.993. The van der Waals surface area contributed by atoms with E-state index in [0.717, 1.165) is 29.8 Å². The highest BCUT2D eigenvalue weighted by atomic mass is 79.9. The van der Waals surface area contributed by atoms with E-state index in [9.17, 15) is 19.5 Å². The molecule has 292 valence electrons. The maximum absolute atomic E-state index is 14.3. The number of hydrogen-bond acceptors (Lipinski definition) is 7. The fourth-order valence-corrected chi connectivity index (χ4v) is 9.46. The summed E-state index contributed by atoms with van der Waals surface area (Å²) in [5.41, 5.74) is 6.43. The van der Waals surface area contributed by atoms with Crippen molar-refractivity contribution in [2.24, 2.45) is 10.2 Å². The molecule has 4 aromatic rings. The van der Waals surface area contributed by atoms with Crippen LogP contribution in [0.5, 0.6) is 5.75 Å². The minimum Gasteiger partial charge on any atom is -0.505 e. The van der Waals surface area contributed by atoms with Gasteiger partial charge in [0.25, 0.3) is 5.91 Å². The lowest BCUT2D eigenvalue weighted by Gasteiger charge is -2.35. The van der Waals surface area contributed by atoms with Crippen LogP contribution in [0.3, 0.4) is 0 Å². The Morgan fingerprint density at radius 2 is 1.33 bits per heavy atom. The zero-order chi connectivity index (χ0) is 40.2. The Bertz CT molecular complexity index is 2510. The first-order valence-electron chi connectivity index (χ1n) is 18.8. The lowest BCUT2D eigenvalue weighted by molar-refractivity contribution is -0.132. The third-order valence-electron chi connectivity index (χ3n) is 10.2. The van der Waals surface area contributed by atoms with Crippen LogP contribution in [0.4, 0.5) is 11.4 Å². The van der Waals surface area contributed by atoms with Gasteiger partial charge in [0.1, 0.15) is 14.7 Å². The Labute approximate surface area is 364 Å². The molecule has 0 unspecified atom stereocenters. The van der Waals surface area contributed by atoms with Gasteiger partial charge < -0.3 is 19.3 Å². The highest BCUT2D eigenvalue weighted by molar-refractivity contribution is 9.11. The Kier molecular flexibility index (Phi) is 13.1. The van der Waals surface area contributed by atoms with E-state index >= 15 is 0 Å². The normalized spacial score (nSPS) is 13.3. The monoisotopic (exact) mass is 1020 g/mol. The second-order valence-corrected chi connectivity index (χ2v) is 17.3. The van der Waals surface area contributed by atoms with Gasteiger partial charge in [-0.2, -0.15) is 10.2 Å². The van der Waals surface area contributed by atoms with Gasteiger partial charge in [-0.3, -0.25) is 14.4 Å². The first-order chi connectivity index (χ1) is 27.5. The molecule has 2 aliphatic heterocycles. The molecular weight excluding hydrogens is 984 g/mol. The smallest absolute Gasteiger partial charge is 0.254 e. The highest BCUT2D eigenvalue weighted by Gasteiger charge is 2.30. The first kappa shape index (κ1) is 41.0. The average molecular weight is 1020 g/mol. The van der Waals surface area contributed by atoms with E-state index in [-0.39, 0.29) is 33.2 Å². The van der Waals surface area contributed by atoms with Crippen molar-refractivity contribution in [3.8, 4) is 28.2 Å². The van der Waals surface area contributed by atoms with Crippen LogP contribution in [0.25, 0.3) is 33.4 Å². The van der Waals surface area contributed by atoms with Crippen molar-refractivity contribution in [3.05, 3.63) is 130 Å². The largest absolute Gasteiger partial charge is 0.505 e. The molecule has 1 fully saturated rings. The quantitative estimate of drug-likeness (QED) is 0.102. The van der Waals surface area contributed by atoms with Crippen LogP contribution in [0.15, 0.2) is 122 Å². The van der Waals surface area contributed by atoms with E-state index in [1.54, 1.807) is 23.1 Å². The summed E-state index contributed by atoms with van der Waals surface area (Å²) in [7, 11) is 0. The number of benzene rings is 5. The summed E-state index contributed by atoms with van der Waals surface area (Å²) in [4.78, 5) is 44.1. The van der Waals surface area contributed by atoms with E-state index in [0.29, 0.717) is 85.7 Å². The van der Waals surface area contributed by atoms with Gasteiger partial charge in [0.05, 0.1) is 20.3 Å². The zero-order valence-corrected chi connectivity index (χ0v) is 37.4. The van der Waals surface area contributed by atoms with Gasteiger partial charge in [0.15, 0.2) is 11.3 Å². The van der Waals surface area contributed by atoms with Crippen molar-refractivity contribution in [1.29, 1.82) is 0 Å². The van der Waals surface area contributed by atoms with Crippen molar-refractivity contribution in [1.82, 2.24) is 9.80 Å². The number of phenols is 1. The number of piperazine rings is 1. The summed E-state index contributed by atoms with van der Waals surface area (Å²) in [6, 6.07) is 27.0. The average Bonchev–Trinajstić information content (AvgIpc) is 3.23. The van der Waals surface area contributed by atoms with Crippen LogP contribution in [0.2, 0.25) is 0 Å². The van der Waals surface area contributed by atoms with Crippen molar-refractivity contribution < 1.29 is 19.1 Å². The summed E-state index contributed by atoms with van der Waals surface area (Å²) >= 11 is 13.7. The number of amides is 2. The molecular formula is C44H38Br4N4O5. The molecule has 1 saturated heterocycles. The Morgan fingerprint density at radius 1 is 0.737 bits per heavy atom. The molecule has 7 rings (SSSR count). The number of unbranched alkanes of at least 4 members (excludes halogenated alkanes) is 1. The van der Waals surface area contributed by atoms with Gasteiger partial charge in [-0.15, -0.1) is 0 Å². The van der Waals surface area contributed by atoms with Crippen molar-refractivity contribution in [2.45, 2.75) is 45.4 Å². The second-order valence-electron chi connectivity index (χ2n) is 14.0. The zero-order valence-electron chi connectivity index (χ0n) is 31.0. The van der Waals surface area contributed by atoms with Gasteiger partial charge in [0.2, 0.25) is 11.3 Å². The lowest BCUT2D eigenvalue weighted by Crippen LogP contribution is -2.50. The highest BCUT2D eigenvalue weighted by Crippen LogP contribution is 2.49. The predicted octanol–water partition coefficient (Wildman–Crippen LogP) is 12.4. The summed E-state index contributed by atoms with van der Waals surface area (Å²) in [5, 5.41) is 20.1. The molecule has 0 atom stereocenters. The molecule has 0 saturated carbocycles. The molecule has 4 aromatic carbocycles. The third kappa shape index (κ3) is 8.96. The number of carbonyl (C=O) groups is 2. The summed E-state index contributed by atoms with van der Waals surface area (Å²) in [6.45, 7) is 3.86. The maximum atomic E-state index is 14.3. The van der Waals surface area contributed by atoms with Gasteiger partial charge in [-0.05, 0) is 149 Å². The first-order valence-corrected chi connectivity index (χ1v) is 21.9. The topological polar surface area (TPSA) is 116 Å². The molecule has 0 spiro atoms. The van der Waals surface area contributed by atoms with Gasteiger partial charge in [0, 0.05) is 54.7 Å². The number of aromatic hydroxyl groups is 1. The molecule has 9 nitrogen and oxygen atoms in total. The summed E-state index contributed by atoms with van der Waals surface area (Å²) < 4.78 is 7.52. The minimum atomic E-state index is -0.293. The number of hydrogen-bond donors (Lipinski definition) is 1. The molecule has 3 aliphatic rings. The van der Waals surface area contributed by atoms with Gasteiger partial charge in [-0.1, -0.05) is 55.8 Å². The maximum Gasteiger partial charge on any atom is 0.254 e. The number of fused-ring (bicyclic) bond motifs is 2. The second kappa shape index (κ2) is 18.2. The SMILES string of the molecule is CCCCc1ccc(N=Nc2ccc(CCCC(=O)N3CCN(C(=O)c4ccccc4-c4c5cc(Br)c(=O)c(Br)c-5oc5c(Br)c(O)c(Br)cc45)CC3)cc2)cc1. The Morgan fingerprint density at radius 3 is 1.96 bits per heavy atom. The molecule has 0 radical (unpaired) electrons. The van der Waals surface area contributed by atoms with Crippen LogP contribution in [0.1, 0.15) is 54.1 Å². The van der Waals surface area contributed by atoms with Gasteiger partial charge in [-0.25, -0.2) is 0 Å². The number of nitrogens with zero attached hydrogens (tertiary/aromatic N) is 4. The van der Waals surface area contributed by atoms with Crippen LogP contribution in [0, 0.1) is 0 Å². The molecule has 57 heavy (non-hydrogen) atoms. The van der Waals surface area contributed by atoms with E-state index in [4.69, 9.17) is 4.42 Å². The number of rotatable bonds is 11. The van der Waals surface area contributed by atoms with Crippen molar-refractivity contribution in [2.75, 3.05) is 26.2 Å². The van der Waals surface area contributed by atoms with Crippen molar-refractivity contribution >= 4 is 97.9 Å². The Hall–Kier alpha value is -4.17. The number of phenolic OH excluding ortho intramolecular Hbond substituents is 1. The summed E-state index contributed by atoms with van der Waals surface area (Å²) in [6.07, 6.45) is 5.33. The fourth-order valence-electron chi connectivity index (χ4n) is 7.06. The van der Waals surface area contributed by atoms with E-state index in [1.807, 2.05) is 59.5 Å². The van der Waals surface area contributed by atoms with E-state index in [2.05, 4.69) is 93.0 Å². The van der Waals surface area contributed by atoms with Gasteiger partial charge >= 0.3 is 0 Å². The fraction of sp³-hybridized carbons (Fsp3) is 0.250. The summed E-state index contributed by atoms with van der Waals surface area (Å²) in [5.74, 6) is 0.129. The van der Waals surface area contributed by atoms with Crippen LogP contribution in [-0.2, 0) is 17.6 Å². The molecule has 0 bridgehead atoms. The molecule has 1 N–H and O–H groups in total. The van der Waals surface area contributed by atoms with E-state index < -0.39 is 0 Å². The minimum absolute atomic E-state index is 0.0588. The molecule has 13 heteroatoms. The predicted molar refractivity (Wildman–Crippen MR) is 238 cm³/mol. The van der Waals surface area contributed by atoms with Crippen LogP contribution in [-0.4, -0.2) is 52.9 Å². The number of azo groups is 1. The lowest BCUT2D eigenvalue weighted by atomic mass is 9.90. The molecule has 1 aliphatic carbocycles. The number of halogens is 4. The van der Waals surface area contributed by atoms with E-state index in [1.165, 1.54) is 18.4 Å².